The van der Waals surface area contributed by atoms with E-state index < -0.39 is 55.5 Å². The smallest absolute Gasteiger partial charge is 0.306 e. The van der Waals surface area contributed by atoms with Crippen molar-refractivity contribution in [1.29, 1.82) is 0 Å². The molecule has 0 fully saturated rings. The summed E-state index contributed by atoms with van der Waals surface area (Å²) in [5.41, 5.74) is 0. The fourth-order valence-electron chi connectivity index (χ4n) is 3.49. The number of carbonyl (C=O) groups excluding carboxylic acids is 2. The number of rotatable bonds is 22. The van der Waals surface area contributed by atoms with E-state index in [0.717, 1.165) is 38.5 Å². The summed E-state index contributed by atoms with van der Waals surface area (Å²) in [5, 5.41) is 57.0. The van der Waals surface area contributed by atoms with Gasteiger partial charge in [-0.15, -0.1) is 0 Å². The second-order valence-corrected chi connectivity index (χ2v) is 8.81. The fraction of sp³-hybridized carbons (Fsp3) is 0.917. The van der Waals surface area contributed by atoms with Gasteiger partial charge in [0, 0.05) is 6.42 Å². The van der Waals surface area contributed by atoms with Crippen molar-refractivity contribution >= 4 is 11.8 Å². The Labute approximate surface area is 197 Å². The Balaban J connectivity index is 3.71. The molecule has 0 aromatic heterocycles. The lowest BCUT2D eigenvalue weighted by Crippen LogP contribution is -2.45. The molecule has 0 aromatic carbocycles. The lowest BCUT2D eigenvalue weighted by atomic mass is 9.99. The molecule has 0 heterocycles. The van der Waals surface area contributed by atoms with Crippen LogP contribution in [0.1, 0.15) is 96.8 Å². The van der Waals surface area contributed by atoms with E-state index in [9.17, 15) is 35.1 Å². The molecule has 0 aliphatic heterocycles. The zero-order valence-corrected chi connectivity index (χ0v) is 20.1. The summed E-state index contributed by atoms with van der Waals surface area (Å²) in [6, 6.07) is 0. The Hall–Kier alpha value is -1.10. The van der Waals surface area contributed by atoms with Gasteiger partial charge in [-0.05, 0) is 19.3 Å². The molecule has 33 heavy (non-hydrogen) atoms. The SMILES string of the molecule is CCCCCCCCC(O)C(O)CCCCCCCC(=O)OCC(=O)[C@H](O)[C@@H](O)[C@H](O)CO. The molecule has 0 radical (unpaired) electrons. The van der Waals surface area contributed by atoms with Crippen LogP contribution in [0.15, 0.2) is 0 Å². The Bertz CT molecular complexity index is 500. The number of carbonyl (C=O) groups is 2. The van der Waals surface area contributed by atoms with Crippen LogP contribution in [-0.4, -0.2) is 86.1 Å². The minimum atomic E-state index is -1.94. The first-order chi connectivity index (χ1) is 15.7. The fourth-order valence-corrected chi connectivity index (χ4v) is 3.49. The van der Waals surface area contributed by atoms with Crippen LogP contribution in [0.25, 0.3) is 0 Å². The zero-order chi connectivity index (χ0) is 25.1. The predicted octanol–water partition coefficient (Wildman–Crippen LogP) is 1.38. The van der Waals surface area contributed by atoms with Gasteiger partial charge in [-0.3, -0.25) is 9.59 Å². The highest BCUT2D eigenvalue weighted by molar-refractivity contribution is 5.86. The van der Waals surface area contributed by atoms with Crippen molar-refractivity contribution < 1.29 is 45.0 Å². The van der Waals surface area contributed by atoms with E-state index in [4.69, 9.17) is 9.84 Å². The molecule has 0 rings (SSSR count). The number of esters is 1. The molecule has 9 heteroatoms. The van der Waals surface area contributed by atoms with Crippen molar-refractivity contribution in [3.63, 3.8) is 0 Å². The van der Waals surface area contributed by atoms with Crippen LogP contribution in [0.3, 0.4) is 0 Å². The van der Waals surface area contributed by atoms with E-state index in [1.807, 2.05) is 0 Å². The molecule has 2 unspecified atom stereocenters. The normalized spacial score (nSPS) is 16.1. The standard InChI is InChI=1S/C24H46O9/c1-2-3-4-5-7-10-13-18(26)19(27)14-11-8-6-9-12-15-22(30)33-17-21(29)24(32)23(31)20(28)16-25/h18-20,23-28,31-32H,2-17H2,1H3/t18?,19?,20-,23+,24+/m1/s1. The van der Waals surface area contributed by atoms with Crippen LogP contribution in [0.4, 0.5) is 0 Å². The maximum atomic E-state index is 11.7. The first-order valence-corrected chi connectivity index (χ1v) is 12.4. The lowest BCUT2D eigenvalue weighted by molar-refractivity contribution is -0.155. The van der Waals surface area contributed by atoms with Gasteiger partial charge in [-0.2, -0.15) is 0 Å². The van der Waals surface area contributed by atoms with Gasteiger partial charge in [-0.1, -0.05) is 71.1 Å². The van der Waals surface area contributed by atoms with Gasteiger partial charge < -0.3 is 35.4 Å². The summed E-state index contributed by atoms with van der Waals surface area (Å²) in [7, 11) is 0. The van der Waals surface area contributed by atoms with Crippen LogP contribution in [0, 0.1) is 0 Å². The van der Waals surface area contributed by atoms with Gasteiger partial charge >= 0.3 is 5.97 Å². The lowest BCUT2D eigenvalue weighted by Gasteiger charge is -2.20. The van der Waals surface area contributed by atoms with E-state index in [2.05, 4.69) is 6.92 Å². The van der Waals surface area contributed by atoms with Gasteiger partial charge in [0.05, 0.1) is 18.8 Å². The Morgan fingerprint density at radius 1 is 0.697 bits per heavy atom. The average Bonchev–Trinajstić information content (AvgIpc) is 2.81. The number of hydrogen-bond donors (Lipinski definition) is 6. The van der Waals surface area contributed by atoms with E-state index in [1.54, 1.807) is 0 Å². The second kappa shape index (κ2) is 20.3. The average molecular weight is 479 g/mol. The summed E-state index contributed by atoms with van der Waals surface area (Å²) in [6.45, 7) is 0.647. The summed E-state index contributed by atoms with van der Waals surface area (Å²) < 4.78 is 4.77. The molecule has 0 amide bonds. The van der Waals surface area contributed by atoms with Crippen LogP contribution >= 0.6 is 0 Å². The van der Waals surface area contributed by atoms with Crippen LogP contribution in [-0.2, 0) is 14.3 Å². The first kappa shape index (κ1) is 31.9. The third-order valence-corrected chi connectivity index (χ3v) is 5.79. The zero-order valence-electron chi connectivity index (χ0n) is 20.1. The summed E-state index contributed by atoms with van der Waals surface area (Å²) in [6.07, 6.45) is 5.30. The van der Waals surface area contributed by atoms with Gasteiger partial charge in [0.1, 0.15) is 18.3 Å². The molecule has 0 saturated heterocycles. The molecule has 0 aliphatic carbocycles. The molecule has 0 saturated carbocycles. The third-order valence-electron chi connectivity index (χ3n) is 5.79. The predicted molar refractivity (Wildman–Crippen MR) is 123 cm³/mol. The molecule has 5 atom stereocenters. The number of ether oxygens (including phenoxy) is 1. The van der Waals surface area contributed by atoms with Gasteiger partial charge in [-0.25, -0.2) is 0 Å². The van der Waals surface area contributed by atoms with Gasteiger partial charge in [0.15, 0.2) is 6.61 Å². The minimum Gasteiger partial charge on any atom is -0.458 e. The van der Waals surface area contributed by atoms with Crippen LogP contribution in [0.2, 0.25) is 0 Å². The Morgan fingerprint density at radius 3 is 1.70 bits per heavy atom. The topological polar surface area (TPSA) is 165 Å². The van der Waals surface area contributed by atoms with E-state index in [-0.39, 0.29) is 6.42 Å². The maximum Gasteiger partial charge on any atom is 0.306 e. The Kier molecular flexibility index (Phi) is 19.6. The summed E-state index contributed by atoms with van der Waals surface area (Å²) in [5.74, 6) is -1.55. The number of unbranched alkanes of at least 4 members (excludes halogenated alkanes) is 9. The van der Waals surface area contributed by atoms with Crippen LogP contribution < -0.4 is 0 Å². The van der Waals surface area contributed by atoms with Crippen LogP contribution in [0.5, 0.6) is 0 Å². The largest absolute Gasteiger partial charge is 0.458 e. The molecule has 0 aromatic rings. The monoisotopic (exact) mass is 478 g/mol. The molecule has 0 aliphatic rings. The van der Waals surface area contributed by atoms with Crippen molar-refractivity contribution in [3.05, 3.63) is 0 Å². The molecular weight excluding hydrogens is 432 g/mol. The summed E-state index contributed by atoms with van der Waals surface area (Å²) in [4.78, 5) is 23.3. The quantitative estimate of drug-likeness (QED) is 0.0995. The number of aliphatic hydroxyl groups excluding tert-OH is 6. The number of ketones is 1. The number of aliphatic hydroxyl groups is 6. The van der Waals surface area contributed by atoms with E-state index in [0.29, 0.717) is 19.3 Å². The molecular formula is C24H46O9. The molecule has 6 N–H and O–H groups in total. The molecule has 0 spiro atoms. The van der Waals surface area contributed by atoms with Crippen molar-refractivity contribution in [3.8, 4) is 0 Å². The van der Waals surface area contributed by atoms with E-state index >= 15 is 0 Å². The summed E-state index contributed by atoms with van der Waals surface area (Å²) >= 11 is 0. The number of Topliss-reactive ketones (excluding diaryl/α,β-unsaturated/α-hetero) is 1. The van der Waals surface area contributed by atoms with Crippen molar-refractivity contribution in [1.82, 2.24) is 0 Å². The van der Waals surface area contributed by atoms with E-state index in [1.165, 1.54) is 25.7 Å². The second-order valence-electron chi connectivity index (χ2n) is 8.81. The molecule has 196 valence electrons. The van der Waals surface area contributed by atoms with Gasteiger partial charge in [0.25, 0.3) is 0 Å². The highest BCUT2D eigenvalue weighted by Crippen LogP contribution is 2.15. The van der Waals surface area contributed by atoms with Crippen molar-refractivity contribution in [2.45, 2.75) is 127 Å². The third kappa shape index (κ3) is 16.2. The Morgan fingerprint density at radius 2 is 1.18 bits per heavy atom. The number of hydrogen-bond acceptors (Lipinski definition) is 9. The van der Waals surface area contributed by atoms with Gasteiger partial charge in [0.2, 0.25) is 5.78 Å². The van der Waals surface area contributed by atoms with Crippen molar-refractivity contribution in [2.24, 2.45) is 0 Å². The minimum absolute atomic E-state index is 0.116. The maximum absolute atomic E-state index is 11.7. The highest BCUT2D eigenvalue weighted by atomic mass is 16.5. The molecule has 0 bridgehead atoms. The first-order valence-electron chi connectivity index (χ1n) is 12.4. The van der Waals surface area contributed by atoms with Crippen molar-refractivity contribution in [2.75, 3.05) is 13.2 Å². The highest BCUT2D eigenvalue weighted by Gasteiger charge is 2.30. The molecule has 9 nitrogen and oxygen atoms in total.